The van der Waals surface area contributed by atoms with Crippen molar-refractivity contribution in [2.45, 2.75) is 6.42 Å². The van der Waals surface area contributed by atoms with Crippen LogP contribution in [0.25, 0.3) is 5.69 Å². The first-order valence-corrected chi connectivity index (χ1v) is 5.59. The Labute approximate surface area is 106 Å². The Morgan fingerprint density at radius 2 is 2.17 bits per heavy atom. The minimum atomic E-state index is -0.0967. The lowest BCUT2D eigenvalue weighted by atomic mass is 10.2. The van der Waals surface area contributed by atoms with Crippen LogP contribution in [0.2, 0.25) is 0 Å². The van der Waals surface area contributed by atoms with Gasteiger partial charge in [-0.15, -0.1) is 6.42 Å². The van der Waals surface area contributed by atoms with E-state index < -0.39 is 0 Å². The molecule has 0 atom stereocenters. The fourth-order valence-corrected chi connectivity index (χ4v) is 1.57. The summed E-state index contributed by atoms with van der Waals surface area (Å²) in [5.41, 5.74) is 1.82. The molecule has 0 aliphatic heterocycles. The normalized spacial score (nSPS) is 9.72. The Hall–Kier alpha value is -2.54. The van der Waals surface area contributed by atoms with E-state index in [9.17, 15) is 4.79 Å². The van der Waals surface area contributed by atoms with E-state index in [1.165, 1.54) is 0 Å². The predicted octanol–water partition coefficient (Wildman–Crippen LogP) is 1.16. The van der Waals surface area contributed by atoms with Crippen LogP contribution in [0.5, 0.6) is 0 Å². The van der Waals surface area contributed by atoms with Gasteiger partial charge in [-0.2, -0.15) is 5.10 Å². The summed E-state index contributed by atoms with van der Waals surface area (Å²) in [7, 11) is 0. The standard InChI is InChI=1S/C14H13N3O/c1-2-8-15-14(18)9-12-10-16-17(11-12)13-6-4-3-5-7-13/h1,3-7,10-11H,8-9H2,(H,15,18). The molecule has 18 heavy (non-hydrogen) atoms. The van der Waals surface area contributed by atoms with E-state index in [0.717, 1.165) is 11.3 Å². The highest BCUT2D eigenvalue weighted by Crippen LogP contribution is 2.07. The number of aromatic nitrogens is 2. The van der Waals surface area contributed by atoms with Crippen molar-refractivity contribution in [2.75, 3.05) is 6.54 Å². The van der Waals surface area contributed by atoms with E-state index in [-0.39, 0.29) is 18.9 Å². The molecule has 0 unspecified atom stereocenters. The van der Waals surface area contributed by atoms with Crippen molar-refractivity contribution in [3.05, 3.63) is 48.3 Å². The van der Waals surface area contributed by atoms with Crippen LogP contribution in [-0.4, -0.2) is 22.2 Å². The molecule has 0 saturated heterocycles. The Morgan fingerprint density at radius 1 is 1.39 bits per heavy atom. The van der Waals surface area contributed by atoms with Gasteiger partial charge in [0.05, 0.1) is 24.8 Å². The molecule has 90 valence electrons. The molecule has 0 aliphatic carbocycles. The Morgan fingerprint density at radius 3 is 2.89 bits per heavy atom. The zero-order valence-corrected chi connectivity index (χ0v) is 9.84. The van der Waals surface area contributed by atoms with Crippen LogP contribution in [0.1, 0.15) is 5.56 Å². The van der Waals surface area contributed by atoms with E-state index in [4.69, 9.17) is 6.42 Å². The molecule has 1 N–H and O–H groups in total. The summed E-state index contributed by atoms with van der Waals surface area (Å²) in [5, 5.41) is 6.83. The summed E-state index contributed by atoms with van der Waals surface area (Å²) in [4.78, 5) is 11.5. The number of hydrogen-bond donors (Lipinski definition) is 1. The van der Waals surface area contributed by atoms with Crippen LogP contribution < -0.4 is 5.32 Å². The van der Waals surface area contributed by atoms with Crippen LogP contribution in [0.3, 0.4) is 0 Å². The van der Waals surface area contributed by atoms with Crippen molar-refractivity contribution in [1.29, 1.82) is 0 Å². The molecule has 0 radical (unpaired) electrons. The number of benzene rings is 1. The third-order valence-corrected chi connectivity index (χ3v) is 2.41. The summed E-state index contributed by atoms with van der Waals surface area (Å²) in [6, 6.07) is 9.73. The van der Waals surface area contributed by atoms with Gasteiger partial charge in [-0.25, -0.2) is 4.68 Å². The maximum Gasteiger partial charge on any atom is 0.225 e. The van der Waals surface area contributed by atoms with Gasteiger partial charge in [0.2, 0.25) is 5.91 Å². The van der Waals surface area contributed by atoms with E-state index in [0.29, 0.717) is 0 Å². The Kier molecular flexibility index (Phi) is 3.77. The third kappa shape index (κ3) is 2.98. The van der Waals surface area contributed by atoms with Crippen molar-refractivity contribution in [3.63, 3.8) is 0 Å². The first-order valence-electron chi connectivity index (χ1n) is 5.59. The lowest BCUT2D eigenvalue weighted by Crippen LogP contribution is -2.25. The van der Waals surface area contributed by atoms with Gasteiger partial charge in [0.1, 0.15) is 0 Å². The minimum Gasteiger partial charge on any atom is -0.345 e. The highest BCUT2D eigenvalue weighted by molar-refractivity contribution is 5.78. The molecular formula is C14H13N3O. The van der Waals surface area contributed by atoms with Gasteiger partial charge >= 0.3 is 0 Å². The van der Waals surface area contributed by atoms with Crippen molar-refractivity contribution < 1.29 is 4.79 Å². The van der Waals surface area contributed by atoms with Crippen molar-refractivity contribution in [2.24, 2.45) is 0 Å². The van der Waals surface area contributed by atoms with E-state index >= 15 is 0 Å². The first-order chi connectivity index (χ1) is 8.79. The van der Waals surface area contributed by atoms with Gasteiger partial charge in [0.25, 0.3) is 0 Å². The molecule has 2 aromatic rings. The number of amides is 1. The fourth-order valence-electron chi connectivity index (χ4n) is 1.57. The largest absolute Gasteiger partial charge is 0.345 e. The molecule has 0 fully saturated rings. The van der Waals surface area contributed by atoms with Crippen LogP contribution in [-0.2, 0) is 11.2 Å². The number of rotatable bonds is 4. The van der Waals surface area contributed by atoms with Crippen molar-refractivity contribution in [3.8, 4) is 18.0 Å². The smallest absolute Gasteiger partial charge is 0.225 e. The molecule has 1 amide bonds. The van der Waals surface area contributed by atoms with Gasteiger partial charge < -0.3 is 5.32 Å². The van der Waals surface area contributed by atoms with Crippen molar-refractivity contribution in [1.82, 2.24) is 15.1 Å². The molecule has 1 aromatic carbocycles. The lowest BCUT2D eigenvalue weighted by molar-refractivity contribution is -0.120. The molecular weight excluding hydrogens is 226 g/mol. The molecule has 0 aliphatic rings. The summed E-state index contributed by atoms with van der Waals surface area (Å²) in [5.74, 6) is 2.27. The highest BCUT2D eigenvalue weighted by Gasteiger charge is 2.05. The van der Waals surface area contributed by atoms with Crippen LogP contribution >= 0.6 is 0 Å². The second-order valence-electron chi connectivity index (χ2n) is 3.79. The van der Waals surface area contributed by atoms with E-state index in [1.807, 2.05) is 36.5 Å². The summed E-state index contributed by atoms with van der Waals surface area (Å²) >= 11 is 0. The second kappa shape index (κ2) is 5.69. The molecule has 0 spiro atoms. The fraction of sp³-hybridized carbons (Fsp3) is 0.143. The first kappa shape index (κ1) is 11.9. The zero-order chi connectivity index (χ0) is 12.8. The third-order valence-electron chi connectivity index (χ3n) is 2.41. The predicted molar refractivity (Wildman–Crippen MR) is 69.1 cm³/mol. The van der Waals surface area contributed by atoms with Gasteiger partial charge in [0.15, 0.2) is 0 Å². The maximum absolute atomic E-state index is 11.5. The summed E-state index contributed by atoms with van der Waals surface area (Å²) in [6.07, 6.45) is 8.88. The number of carbonyl (C=O) groups excluding carboxylic acids is 1. The molecule has 0 bridgehead atoms. The number of hydrogen-bond acceptors (Lipinski definition) is 2. The summed E-state index contributed by atoms with van der Waals surface area (Å²) in [6.45, 7) is 0.256. The number of para-hydroxylation sites is 1. The lowest BCUT2D eigenvalue weighted by Gasteiger charge is -2.00. The average Bonchev–Trinajstić information content (AvgIpc) is 2.86. The minimum absolute atomic E-state index is 0.0967. The molecule has 1 aromatic heterocycles. The molecule has 4 nitrogen and oxygen atoms in total. The number of nitrogens with one attached hydrogen (secondary N) is 1. The van der Waals surface area contributed by atoms with Gasteiger partial charge in [0, 0.05) is 6.20 Å². The van der Waals surface area contributed by atoms with E-state index in [1.54, 1.807) is 10.9 Å². The van der Waals surface area contributed by atoms with Crippen LogP contribution in [0.15, 0.2) is 42.7 Å². The van der Waals surface area contributed by atoms with Crippen LogP contribution in [0.4, 0.5) is 0 Å². The molecule has 4 heteroatoms. The molecule has 0 saturated carbocycles. The monoisotopic (exact) mass is 239 g/mol. The SMILES string of the molecule is C#CCNC(=O)Cc1cnn(-c2ccccc2)c1. The van der Waals surface area contributed by atoms with Crippen LogP contribution in [0, 0.1) is 12.3 Å². The molecule has 2 rings (SSSR count). The number of terminal acetylenes is 1. The second-order valence-corrected chi connectivity index (χ2v) is 3.79. The average molecular weight is 239 g/mol. The Bertz CT molecular complexity index is 566. The van der Waals surface area contributed by atoms with Gasteiger partial charge in [-0.1, -0.05) is 24.1 Å². The van der Waals surface area contributed by atoms with Gasteiger partial charge in [-0.05, 0) is 17.7 Å². The maximum atomic E-state index is 11.5. The van der Waals surface area contributed by atoms with Crippen molar-refractivity contribution >= 4 is 5.91 Å². The van der Waals surface area contributed by atoms with Gasteiger partial charge in [-0.3, -0.25) is 4.79 Å². The highest BCUT2D eigenvalue weighted by atomic mass is 16.1. The Balaban J connectivity index is 2.03. The topological polar surface area (TPSA) is 46.9 Å². The van der Waals surface area contributed by atoms with E-state index in [2.05, 4.69) is 16.3 Å². The number of carbonyl (C=O) groups is 1. The number of nitrogens with zero attached hydrogens (tertiary/aromatic N) is 2. The quantitative estimate of drug-likeness (QED) is 0.814. The summed E-state index contributed by atoms with van der Waals surface area (Å²) < 4.78 is 1.74. The zero-order valence-electron chi connectivity index (χ0n) is 9.84. The molecule has 1 heterocycles.